The van der Waals surface area contributed by atoms with E-state index in [0.717, 1.165) is 18.4 Å². The topological polar surface area (TPSA) is 52.3 Å². The molecule has 1 aliphatic rings. The molecule has 86 valence electrons. The second-order valence-electron chi connectivity index (χ2n) is 4.47. The van der Waals surface area contributed by atoms with Crippen LogP contribution in [0.1, 0.15) is 28.8 Å². The number of aryl methyl sites for hydroxylation is 1. The number of ether oxygens (including phenoxy) is 1. The SMILES string of the molecule is Cc1ccc(C(=O)OC2CC(CN)C2)cc1. The predicted molar refractivity (Wildman–Crippen MR) is 62.2 cm³/mol. The molecule has 0 spiro atoms. The fourth-order valence-corrected chi connectivity index (χ4v) is 1.87. The number of benzene rings is 1. The molecule has 0 radical (unpaired) electrons. The Kier molecular flexibility index (Phi) is 3.25. The van der Waals surface area contributed by atoms with Crippen LogP contribution in [0.25, 0.3) is 0 Å². The third kappa shape index (κ3) is 2.42. The Labute approximate surface area is 95.6 Å². The molecule has 3 nitrogen and oxygen atoms in total. The van der Waals surface area contributed by atoms with Gasteiger partial charge in [-0.05, 0) is 44.4 Å². The molecular weight excluding hydrogens is 202 g/mol. The Morgan fingerprint density at radius 1 is 1.38 bits per heavy atom. The highest BCUT2D eigenvalue weighted by Crippen LogP contribution is 2.29. The lowest BCUT2D eigenvalue weighted by molar-refractivity contribution is -0.00914. The first-order valence-corrected chi connectivity index (χ1v) is 5.66. The summed E-state index contributed by atoms with van der Waals surface area (Å²) < 4.78 is 5.35. The van der Waals surface area contributed by atoms with Crippen molar-refractivity contribution < 1.29 is 9.53 Å². The van der Waals surface area contributed by atoms with Crippen LogP contribution in [0.15, 0.2) is 24.3 Å². The maximum absolute atomic E-state index is 11.7. The number of nitrogens with two attached hydrogens (primary N) is 1. The van der Waals surface area contributed by atoms with Gasteiger partial charge in [-0.3, -0.25) is 0 Å². The predicted octanol–water partition coefficient (Wildman–Crippen LogP) is 1.89. The number of carbonyl (C=O) groups excluding carboxylic acids is 1. The van der Waals surface area contributed by atoms with Crippen LogP contribution >= 0.6 is 0 Å². The van der Waals surface area contributed by atoms with Gasteiger partial charge in [0.25, 0.3) is 0 Å². The zero-order valence-corrected chi connectivity index (χ0v) is 9.48. The quantitative estimate of drug-likeness (QED) is 0.790. The second kappa shape index (κ2) is 4.66. The van der Waals surface area contributed by atoms with Gasteiger partial charge >= 0.3 is 5.97 Å². The summed E-state index contributed by atoms with van der Waals surface area (Å²) in [6.07, 6.45) is 1.89. The monoisotopic (exact) mass is 219 g/mol. The third-order valence-corrected chi connectivity index (χ3v) is 3.09. The van der Waals surface area contributed by atoms with Gasteiger partial charge in [0.05, 0.1) is 5.56 Å². The van der Waals surface area contributed by atoms with E-state index in [-0.39, 0.29) is 12.1 Å². The van der Waals surface area contributed by atoms with E-state index in [1.54, 1.807) is 12.1 Å². The Hall–Kier alpha value is -1.35. The van der Waals surface area contributed by atoms with Crippen molar-refractivity contribution in [2.45, 2.75) is 25.9 Å². The lowest BCUT2D eigenvalue weighted by Gasteiger charge is -2.33. The van der Waals surface area contributed by atoms with Crippen LogP contribution in [0.5, 0.6) is 0 Å². The lowest BCUT2D eigenvalue weighted by atomic mass is 9.82. The molecule has 0 bridgehead atoms. The van der Waals surface area contributed by atoms with Crippen molar-refractivity contribution in [2.75, 3.05) is 6.54 Å². The average molecular weight is 219 g/mol. The van der Waals surface area contributed by atoms with E-state index in [1.165, 1.54) is 0 Å². The smallest absolute Gasteiger partial charge is 0.338 e. The highest BCUT2D eigenvalue weighted by Gasteiger charge is 2.31. The Bertz CT molecular complexity index is 366. The molecule has 3 heteroatoms. The number of hydrogen-bond acceptors (Lipinski definition) is 3. The molecule has 0 aliphatic heterocycles. The molecular formula is C13H17NO2. The molecule has 1 aromatic rings. The molecule has 16 heavy (non-hydrogen) atoms. The van der Waals surface area contributed by atoms with Crippen molar-refractivity contribution in [1.29, 1.82) is 0 Å². The largest absolute Gasteiger partial charge is 0.459 e. The molecule has 2 rings (SSSR count). The van der Waals surface area contributed by atoms with Crippen LogP contribution in [0.4, 0.5) is 0 Å². The molecule has 0 heterocycles. The van der Waals surface area contributed by atoms with E-state index >= 15 is 0 Å². The maximum atomic E-state index is 11.7. The summed E-state index contributed by atoms with van der Waals surface area (Å²) in [4.78, 5) is 11.7. The zero-order valence-electron chi connectivity index (χ0n) is 9.48. The minimum atomic E-state index is -0.222. The number of carbonyl (C=O) groups is 1. The first-order valence-electron chi connectivity index (χ1n) is 5.66. The number of rotatable bonds is 3. The normalized spacial score (nSPS) is 23.6. The summed E-state index contributed by atoms with van der Waals surface area (Å²) in [7, 11) is 0. The van der Waals surface area contributed by atoms with Crippen molar-refractivity contribution >= 4 is 5.97 Å². The van der Waals surface area contributed by atoms with Crippen LogP contribution in [-0.4, -0.2) is 18.6 Å². The molecule has 0 atom stereocenters. The van der Waals surface area contributed by atoms with E-state index < -0.39 is 0 Å². The molecule has 0 amide bonds. The van der Waals surface area contributed by atoms with E-state index in [4.69, 9.17) is 10.5 Å². The first-order chi connectivity index (χ1) is 7.69. The molecule has 1 fully saturated rings. The summed E-state index contributed by atoms with van der Waals surface area (Å²) in [5.74, 6) is 0.316. The lowest BCUT2D eigenvalue weighted by Crippen LogP contribution is -2.37. The van der Waals surface area contributed by atoms with Crippen molar-refractivity contribution in [2.24, 2.45) is 11.7 Å². The van der Waals surface area contributed by atoms with Gasteiger partial charge in [-0.25, -0.2) is 4.79 Å². The summed E-state index contributed by atoms with van der Waals surface area (Å²) >= 11 is 0. The van der Waals surface area contributed by atoms with Gasteiger partial charge in [0.2, 0.25) is 0 Å². The standard InChI is InChI=1S/C13H17NO2/c1-9-2-4-11(5-3-9)13(15)16-12-6-10(7-12)8-14/h2-5,10,12H,6-8,14H2,1H3. The van der Waals surface area contributed by atoms with Crippen LogP contribution in [-0.2, 0) is 4.74 Å². The van der Waals surface area contributed by atoms with Gasteiger partial charge in [-0.2, -0.15) is 0 Å². The molecule has 1 aromatic carbocycles. The summed E-state index contributed by atoms with van der Waals surface area (Å²) in [5, 5.41) is 0. The Morgan fingerprint density at radius 3 is 2.56 bits per heavy atom. The highest BCUT2D eigenvalue weighted by molar-refractivity contribution is 5.89. The van der Waals surface area contributed by atoms with Gasteiger partial charge in [-0.15, -0.1) is 0 Å². The van der Waals surface area contributed by atoms with Crippen LogP contribution in [0, 0.1) is 12.8 Å². The first kappa shape index (κ1) is 11.1. The molecule has 2 N–H and O–H groups in total. The zero-order chi connectivity index (χ0) is 11.5. The van der Waals surface area contributed by atoms with Crippen molar-refractivity contribution in [1.82, 2.24) is 0 Å². The van der Waals surface area contributed by atoms with Gasteiger partial charge in [0, 0.05) is 0 Å². The van der Waals surface area contributed by atoms with Gasteiger partial charge in [-0.1, -0.05) is 17.7 Å². The van der Waals surface area contributed by atoms with Crippen molar-refractivity contribution in [3.63, 3.8) is 0 Å². The van der Waals surface area contributed by atoms with Gasteiger partial charge in [0.1, 0.15) is 6.10 Å². The minimum absolute atomic E-state index is 0.0716. The molecule has 0 saturated heterocycles. The summed E-state index contributed by atoms with van der Waals surface area (Å²) in [5.41, 5.74) is 7.28. The van der Waals surface area contributed by atoms with E-state index in [1.807, 2.05) is 19.1 Å². The van der Waals surface area contributed by atoms with E-state index in [0.29, 0.717) is 18.0 Å². The Morgan fingerprint density at radius 2 is 2.00 bits per heavy atom. The third-order valence-electron chi connectivity index (χ3n) is 3.09. The Balaban J connectivity index is 1.87. The summed E-state index contributed by atoms with van der Waals surface area (Å²) in [6.45, 7) is 2.69. The average Bonchev–Trinajstić information content (AvgIpc) is 2.23. The fraction of sp³-hybridized carbons (Fsp3) is 0.462. The highest BCUT2D eigenvalue weighted by atomic mass is 16.5. The number of esters is 1. The van der Waals surface area contributed by atoms with Crippen molar-refractivity contribution in [3.8, 4) is 0 Å². The van der Waals surface area contributed by atoms with Crippen LogP contribution < -0.4 is 5.73 Å². The minimum Gasteiger partial charge on any atom is -0.459 e. The maximum Gasteiger partial charge on any atom is 0.338 e. The van der Waals surface area contributed by atoms with Crippen LogP contribution in [0.2, 0.25) is 0 Å². The van der Waals surface area contributed by atoms with E-state index in [2.05, 4.69) is 0 Å². The number of hydrogen-bond donors (Lipinski definition) is 1. The van der Waals surface area contributed by atoms with Gasteiger partial charge < -0.3 is 10.5 Å². The molecule has 0 unspecified atom stereocenters. The fourth-order valence-electron chi connectivity index (χ4n) is 1.87. The van der Waals surface area contributed by atoms with E-state index in [9.17, 15) is 4.79 Å². The van der Waals surface area contributed by atoms with Crippen molar-refractivity contribution in [3.05, 3.63) is 35.4 Å². The molecule has 0 aromatic heterocycles. The molecule has 1 aliphatic carbocycles. The van der Waals surface area contributed by atoms with Crippen LogP contribution in [0.3, 0.4) is 0 Å². The second-order valence-corrected chi connectivity index (χ2v) is 4.47. The van der Waals surface area contributed by atoms with Gasteiger partial charge in [0.15, 0.2) is 0 Å². The molecule has 1 saturated carbocycles. The summed E-state index contributed by atoms with van der Waals surface area (Å²) in [6, 6.07) is 7.44.